The van der Waals surface area contributed by atoms with Crippen molar-refractivity contribution in [1.82, 2.24) is 9.88 Å². The molecule has 0 saturated carbocycles. The molecule has 0 aromatic carbocycles. The number of H-pyrrole nitrogens is 1. The van der Waals surface area contributed by atoms with Crippen molar-refractivity contribution in [2.24, 2.45) is 0 Å². The van der Waals surface area contributed by atoms with Crippen molar-refractivity contribution in [3.8, 4) is 0 Å². The molecule has 1 aromatic heterocycles. The molecule has 1 aromatic rings. The van der Waals surface area contributed by atoms with Gasteiger partial charge in [-0.2, -0.15) is 0 Å². The molecule has 0 aliphatic rings. The fourth-order valence-electron chi connectivity index (χ4n) is 1.03. The van der Waals surface area contributed by atoms with Crippen molar-refractivity contribution >= 4 is 23.5 Å². The van der Waals surface area contributed by atoms with E-state index in [-0.39, 0.29) is 12.5 Å². The number of halogens is 1. The largest absolute Gasteiger partial charge is 0.468 e. The van der Waals surface area contributed by atoms with Crippen molar-refractivity contribution in [3.63, 3.8) is 0 Å². The van der Waals surface area contributed by atoms with Crippen molar-refractivity contribution in [3.05, 3.63) is 23.0 Å². The number of hydrogen-bond acceptors (Lipinski definition) is 3. The summed E-state index contributed by atoms with van der Waals surface area (Å²) in [4.78, 5) is 26.5. The number of aromatic amines is 1. The van der Waals surface area contributed by atoms with Gasteiger partial charge >= 0.3 is 5.97 Å². The molecule has 0 saturated heterocycles. The third-order valence-electron chi connectivity index (χ3n) is 1.82. The van der Waals surface area contributed by atoms with Crippen LogP contribution < -0.4 is 0 Å². The van der Waals surface area contributed by atoms with E-state index in [2.05, 4.69) is 9.72 Å². The van der Waals surface area contributed by atoms with Crippen LogP contribution in [-0.2, 0) is 9.53 Å². The first-order valence-corrected chi connectivity index (χ1v) is 4.58. The van der Waals surface area contributed by atoms with Gasteiger partial charge in [0.15, 0.2) is 0 Å². The highest BCUT2D eigenvalue weighted by Gasteiger charge is 2.16. The van der Waals surface area contributed by atoms with Gasteiger partial charge in [-0.3, -0.25) is 9.59 Å². The van der Waals surface area contributed by atoms with Crippen LogP contribution in [-0.4, -0.2) is 42.5 Å². The number of hydrogen-bond donors (Lipinski definition) is 1. The van der Waals surface area contributed by atoms with Gasteiger partial charge in [0.25, 0.3) is 5.91 Å². The van der Waals surface area contributed by atoms with E-state index >= 15 is 0 Å². The van der Waals surface area contributed by atoms with Crippen LogP contribution in [0.25, 0.3) is 0 Å². The number of amides is 1. The minimum Gasteiger partial charge on any atom is -0.468 e. The van der Waals surface area contributed by atoms with E-state index in [1.54, 1.807) is 0 Å². The highest BCUT2D eigenvalue weighted by atomic mass is 35.5. The molecule has 82 valence electrons. The first-order valence-electron chi connectivity index (χ1n) is 4.20. The molecule has 0 aliphatic heterocycles. The maximum atomic E-state index is 11.6. The summed E-state index contributed by atoms with van der Waals surface area (Å²) in [5.74, 6) is -0.782. The number of likely N-dealkylation sites (N-methyl/N-ethyl adjacent to an activating group) is 1. The summed E-state index contributed by atoms with van der Waals surface area (Å²) >= 11 is 5.65. The Labute approximate surface area is 92.0 Å². The second-order valence-corrected chi connectivity index (χ2v) is 3.41. The summed E-state index contributed by atoms with van der Waals surface area (Å²) in [5.41, 5.74) is 0.339. The summed E-state index contributed by atoms with van der Waals surface area (Å²) in [6, 6.07) is 1.50. The number of nitrogens with one attached hydrogen (secondary N) is 1. The molecule has 0 atom stereocenters. The maximum Gasteiger partial charge on any atom is 0.325 e. The molecule has 0 bridgehead atoms. The molecule has 5 nitrogen and oxygen atoms in total. The first-order chi connectivity index (χ1) is 7.04. The van der Waals surface area contributed by atoms with Crippen LogP contribution in [0.15, 0.2) is 12.3 Å². The van der Waals surface area contributed by atoms with E-state index in [0.29, 0.717) is 10.7 Å². The average Bonchev–Trinajstić information content (AvgIpc) is 2.63. The van der Waals surface area contributed by atoms with Gasteiger partial charge in [0, 0.05) is 13.2 Å². The predicted octanol–water partition coefficient (Wildman–Crippen LogP) is 0.913. The normalized spacial score (nSPS) is 9.80. The number of carbonyl (C=O) groups is 2. The summed E-state index contributed by atoms with van der Waals surface area (Å²) < 4.78 is 4.44. The second-order valence-electron chi connectivity index (χ2n) is 2.97. The fraction of sp³-hybridized carbons (Fsp3) is 0.333. The smallest absolute Gasteiger partial charge is 0.325 e. The van der Waals surface area contributed by atoms with Gasteiger partial charge in [-0.25, -0.2) is 0 Å². The zero-order valence-corrected chi connectivity index (χ0v) is 9.17. The number of rotatable bonds is 3. The Morgan fingerprint density at radius 3 is 2.73 bits per heavy atom. The van der Waals surface area contributed by atoms with Gasteiger partial charge in [0.2, 0.25) is 0 Å². The number of aromatic nitrogens is 1. The van der Waals surface area contributed by atoms with Crippen LogP contribution in [0.2, 0.25) is 5.02 Å². The average molecular weight is 231 g/mol. The zero-order valence-electron chi connectivity index (χ0n) is 8.41. The Kier molecular flexibility index (Phi) is 3.74. The van der Waals surface area contributed by atoms with E-state index in [4.69, 9.17) is 11.6 Å². The van der Waals surface area contributed by atoms with Crippen LogP contribution in [0, 0.1) is 0 Å². The molecule has 0 radical (unpaired) electrons. The third kappa shape index (κ3) is 2.99. The van der Waals surface area contributed by atoms with E-state index in [1.807, 2.05) is 0 Å². The highest BCUT2D eigenvalue weighted by molar-refractivity contribution is 6.30. The first kappa shape index (κ1) is 11.6. The third-order valence-corrected chi connectivity index (χ3v) is 2.04. The Morgan fingerprint density at radius 1 is 1.60 bits per heavy atom. The minimum absolute atomic E-state index is 0.0913. The Hall–Kier alpha value is -1.49. The summed E-state index contributed by atoms with van der Waals surface area (Å²) in [6.07, 6.45) is 1.50. The van der Waals surface area contributed by atoms with Crippen LogP contribution in [0.3, 0.4) is 0 Å². The molecule has 6 heteroatoms. The van der Waals surface area contributed by atoms with Crippen LogP contribution >= 0.6 is 11.6 Å². The molecule has 0 spiro atoms. The number of ether oxygens (including phenoxy) is 1. The van der Waals surface area contributed by atoms with Gasteiger partial charge in [-0.1, -0.05) is 11.6 Å². The highest BCUT2D eigenvalue weighted by Crippen LogP contribution is 2.10. The Balaban J connectivity index is 2.64. The van der Waals surface area contributed by atoms with E-state index in [9.17, 15) is 9.59 Å². The Morgan fingerprint density at radius 2 is 2.27 bits per heavy atom. The summed E-state index contributed by atoms with van der Waals surface area (Å²) in [7, 11) is 2.78. The predicted molar refractivity (Wildman–Crippen MR) is 54.8 cm³/mol. The number of methoxy groups -OCH3 is 1. The van der Waals surface area contributed by atoms with Gasteiger partial charge in [0.05, 0.1) is 12.1 Å². The fourth-order valence-corrected chi connectivity index (χ4v) is 1.19. The van der Waals surface area contributed by atoms with Crippen molar-refractivity contribution in [1.29, 1.82) is 0 Å². The van der Waals surface area contributed by atoms with E-state index in [0.717, 1.165) is 0 Å². The zero-order chi connectivity index (χ0) is 11.4. The Bertz CT molecular complexity index is 375. The lowest BCUT2D eigenvalue weighted by Crippen LogP contribution is -2.32. The van der Waals surface area contributed by atoms with Crippen molar-refractivity contribution in [2.45, 2.75) is 0 Å². The van der Waals surface area contributed by atoms with Crippen LogP contribution in [0.5, 0.6) is 0 Å². The molecule has 1 rings (SSSR count). The van der Waals surface area contributed by atoms with Gasteiger partial charge in [0.1, 0.15) is 12.2 Å². The second kappa shape index (κ2) is 4.84. The summed E-state index contributed by atoms with van der Waals surface area (Å²) in [5, 5.41) is 0.449. The van der Waals surface area contributed by atoms with Gasteiger partial charge < -0.3 is 14.6 Å². The molecule has 1 amide bonds. The molecule has 0 fully saturated rings. The molecule has 1 heterocycles. The lowest BCUT2D eigenvalue weighted by atomic mass is 10.4. The topological polar surface area (TPSA) is 62.4 Å². The lowest BCUT2D eigenvalue weighted by Gasteiger charge is -2.14. The standard InChI is InChI=1S/C9H11ClN2O3/c1-12(5-8(13)15-2)9(14)7-3-6(10)4-11-7/h3-4,11H,5H2,1-2H3. The quantitative estimate of drug-likeness (QED) is 0.786. The lowest BCUT2D eigenvalue weighted by molar-refractivity contribution is -0.141. The molecule has 0 unspecified atom stereocenters. The van der Waals surface area contributed by atoms with E-state index in [1.165, 1.54) is 31.3 Å². The van der Waals surface area contributed by atoms with Crippen molar-refractivity contribution < 1.29 is 14.3 Å². The maximum absolute atomic E-state index is 11.6. The monoisotopic (exact) mass is 230 g/mol. The molecule has 0 aliphatic carbocycles. The molecule has 15 heavy (non-hydrogen) atoms. The number of nitrogens with zero attached hydrogens (tertiary/aromatic N) is 1. The van der Waals surface area contributed by atoms with Crippen LogP contribution in [0.4, 0.5) is 0 Å². The van der Waals surface area contributed by atoms with Crippen LogP contribution in [0.1, 0.15) is 10.5 Å². The number of esters is 1. The van der Waals surface area contributed by atoms with Gasteiger partial charge in [-0.05, 0) is 6.07 Å². The SMILES string of the molecule is COC(=O)CN(C)C(=O)c1cc(Cl)c[nH]1. The minimum atomic E-state index is -0.469. The van der Waals surface area contributed by atoms with E-state index < -0.39 is 5.97 Å². The molecular formula is C9H11ClN2O3. The molecular weight excluding hydrogens is 220 g/mol. The molecule has 1 N–H and O–H groups in total. The summed E-state index contributed by atoms with van der Waals surface area (Å²) in [6.45, 7) is -0.0913. The van der Waals surface area contributed by atoms with Crippen molar-refractivity contribution in [2.75, 3.05) is 20.7 Å². The van der Waals surface area contributed by atoms with Gasteiger partial charge in [-0.15, -0.1) is 0 Å². The number of carbonyl (C=O) groups excluding carboxylic acids is 2.